The van der Waals surface area contributed by atoms with Crippen molar-refractivity contribution in [2.45, 2.75) is 24.3 Å². The maximum atomic E-state index is 10.9. The van der Waals surface area contributed by atoms with E-state index in [1.54, 1.807) is 0 Å². The molecule has 0 aliphatic heterocycles. The van der Waals surface area contributed by atoms with Gasteiger partial charge in [0.25, 0.3) is 0 Å². The van der Waals surface area contributed by atoms with Crippen molar-refractivity contribution in [2.24, 2.45) is 11.5 Å². The molecule has 0 fully saturated rings. The lowest BCUT2D eigenvalue weighted by atomic mass is 10.0. The third kappa shape index (κ3) is 3.02. The highest BCUT2D eigenvalue weighted by atomic mass is 32.1. The summed E-state index contributed by atoms with van der Waals surface area (Å²) in [4.78, 5) is 9.67. The molecule has 0 bridgehead atoms. The Balaban J connectivity index is 4.17. The normalized spacial score (nSPS) is 19.0. The maximum absolute atomic E-state index is 10.9. The molecule has 0 amide bonds. The van der Waals surface area contributed by atoms with Crippen molar-refractivity contribution in [3.63, 3.8) is 0 Å². The van der Waals surface area contributed by atoms with Gasteiger partial charge in [-0.25, -0.2) is 0 Å². The molecule has 0 aromatic heterocycles. The van der Waals surface area contributed by atoms with Crippen molar-refractivity contribution in [3.05, 3.63) is 0 Å². The molecule has 5 heteroatoms. The van der Waals surface area contributed by atoms with Crippen LogP contribution in [0.2, 0.25) is 0 Å². The Morgan fingerprint density at radius 1 is 1.73 bits per heavy atom. The van der Waals surface area contributed by atoms with Gasteiger partial charge in [0.1, 0.15) is 4.87 Å². The average Bonchev–Trinajstić information content (AvgIpc) is 1.88. The third-order valence-electron chi connectivity index (χ3n) is 1.57. The van der Waals surface area contributed by atoms with Crippen LogP contribution in [0.1, 0.15) is 13.3 Å². The Labute approximate surface area is 77.7 Å². The zero-order chi connectivity index (χ0) is 9.07. The summed E-state index contributed by atoms with van der Waals surface area (Å²) in [7, 11) is 0. The molecule has 2 unspecified atom stereocenters. The third-order valence-corrected chi connectivity index (χ3v) is 2.47. The molecule has 4 N–H and O–H groups in total. The summed E-state index contributed by atoms with van der Waals surface area (Å²) in [5.74, 6) is 0.392. The van der Waals surface area contributed by atoms with Crippen molar-refractivity contribution in [3.8, 4) is 0 Å². The molecule has 0 aliphatic carbocycles. The highest BCUT2D eigenvalue weighted by molar-refractivity contribution is 7.82. The second-order valence-corrected chi connectivity index (χ2v) is 3.69. The first-order chi connectivity index (χ1) is 4.92. The van der Waals surface area contributed by atoms with Gasteiger partial charge in [0.05, 0.1) is 0 Å². The second kappa shape index (κ2) is 4.35. The minimum absolute atomic E-state index is 0.213. The SMILES string of the molecule is CC(=O)C(N)(S)C(N)CCS. The summed E-state index contributed by atoms with van der Waals surface area (Å²) < 4.78 is 0. The predicted octanol–water partition coefficient (Wildman–Crippen LogP) is -0.193. The van der Waals surface area contributed by atoms with Gasteiger partial charge in [-0.2, -0.15) is 12.6 Å². The number of thiol groups is 2. The van der Waals surface area contributed by atoms with E-state index in [4.69, 9.17) is 11.5 Å². The summed E-state index contributed by atoms with van der Waals surface area (Å²) in [6.45, 7) is 1.38. The molecular weight excluding hydrogens is 180 g/mol. The molecule has 0 saturated carbocycles. The first kappa shape index (κ1) is 11.3. The number of rotatable bonds is 4. The smallest absolute Gasteiger partial charge is 0.161 e. The molecule has 0 rings (SSSR count). The molecule has 0 radical (unpaired) electrons. The molecule has 0 heterocycles. The molecule has 0 aliphatic rings. The van der Waals surface area contributed by atoms with E-state index in [1.165, 1.54) is 6.92 Å². The average molecular weight is 194 g/mol. The lowest BCUT2D eigenvalue weighted by molar-refractivity contribution is -0.119. The predicted molar refractivity (Wildman–Crippen MR) is 53.0 cm³/mol. The molecule has 0 aromatic rings. The summed E-state index contributed by atoms with van der Waals surface area (Å²) in [6, 6.07) is -0.430. The van der Waals surface area contributed by atoms with E-state index in [1.807, 2.05) is 0 Å². The van der Waals surface area contributed by atoms with Gasteiger partial charge in [0.15, 0.2) is 5.78 Å². The highest BCUT2D eigenvalue weighted by Gasteiger charge is 2.32. The van der Waals surface area contributed by atoms with E-state index < -0.39 is 10.9 Å². The first-order valence-electron chi connectivity index (χ1n) is 3.31. The van der Waals surface area contributed by atoms with Crippen LogP contribution in [0.5, 0.6) is 0 Å². The standard InChI is InChI=1S/C6H14N2OS2/c1-4(9)6(8,11)5(7)2-3-10/h5,10-11H,2-3,7-8H2,1H3. The minimum Gasteiger partial charge on any atom is -0.325 e. The maximum Gasteiger partial charge on any atom is 0.161 e. The second-order valence-electron chi connectivity index (χ2n) is 2.50. The number of ketones is 1. The van der Waals surface area contributed by atoms with Gasteiger partial charge < -0.3 is 11.5 Å². The fourth-order valence-electron chi connectivity index (χ4n) is 0.620. The molecule has 0 aromatic carbocycles. The number of carbonyl (C=O) groups is 1. The van der Waals surface area contributed by atoms with E-state index in [9.17, 15) is 4.79 Å². The van der Waals surface area contributed by atoms with Gasteiger partial charge in [-0.1, -0.05) is 0 Å². The van der Waals surface area contributed by atoms with Crippen molar-refractivity contribution in [2.75, 3.05) is 5.75 Å². The number of carbonyl (C=O) groups excluding carboxylic acids is 1. The molecule has 66 valence electrons. The van der Waals surface area contributed by atoms with Crippen LogP contribution >= 0.6 is 25.3 Å². The quantitative estimate of drug-likeness (QED) is 0.370. The first-order valence-corrected chi connectivity index (χ1v) is 4.39. The molecule has 2 atom stereocenters. The van der Waals surface area contributed by atoms with Crippen molar-refractivity contribution < 1.29 is 4.79 Å². The van der Waals surface area contributed by atoms with Crippen molar-refractivity contribution in [1.82, 2.24) is 0 Å². The Hall–Kier alpha value is 0.290. The lowest BCUT2D eigenvalue weighted by Crippen LogP contribution is -2.56. The van der Waals surface area contributed by atoms with Crippen LogP contribution in [0, 0.1) is 0 Å². The summed E-state index contributed by atoms with van der Waals surface area (Å²) in [6.07, 6.45) is 0.586. The molecule has 11 heavy (non-hydrogen) atoms. The largest absolute Gasteiger partial charge is 0.325 e. The van der Waals surface area contributed by atoms with Crippen molar-refractivity contribution >= 4 is 31.0 Å². The lowest BCUT2D eigenvalue weighted by Gasteiger charge is -2.26. The zero-order valence-corrected chi connectivity index (χ0v) is 8.24. The summed E-state index contributed by atoms with van der Waals surface area (Å²) in [5.41, 5.74) is 11.1. The van der Waals surface area contributed by atoms with Crippen LogP contribution < -0.4 is 11.5 Å². The minimum atomic E-state index is -1.21. The number of nitrogens with two attached hydrogens (primary N) is 2. The number of hydrogen-bond donors (Lipinski definition) is 4. The topological polar surface area (TPSA) is 69.1 Å². The molecule has 0 saturated heterocycles. The zero-order valence-electron chi connectivity index (χ0n) is 6.45. The van der Waals surface area contributed by atoms with Gasteiger partial charge in [0, 0.05) is 6.04 Å². The Morgan fingerprint density at radius 2 is 2.18 bits per heavy atom. The van der Waals surface area contributed by atoms with Gasteiger partial charge in [0.2, 0.25) is 0 Å². The molecular formula is C6H14N2OS2. The van der Waals surface area contributed by atoms with Crippen molar-refractivity contribution in [1.29, 1.82) is 0 Å². The Kier molecular flexibility index (Phi) is 4.46. The Morgan fingerprint density at radius 3 is 2.45 bits per heavy atom. The van der Waals surface area contributed by atoms with Crippen LogP contribution in [-0.4, -0.2) is 22.4 Å². The van der Waals surface area contributed by atoms with E-state index in [0.29, 0.717) is 12.2 Å². The van der Waals surface area contributed by atoms with Crippen LogP contribution in [0.25, 0.3) is 0 Å². The molecule has 0 spiro atoms. The molecule has 3 nitrogen and oxygen atoms in total. The van der Waals surface area contributed by atoms with E-state index in [0.717, 1.165) is 0 Å². The summed E-state index contributed by atoms with van der Waals surface area (Å²) >= 11 is 7.96. The van der Waals surface area contributed by atoms with Gasteiger partial charge >= 0.3 is 0 Å². The van der Waals surface area contributed by atoms with E-state index in [2.05, 4.69) is 25.3 Å². The number of hydrogen-bond acceptors (Lipinski definition) is 5. The fraction of sp³-hybridized carbons (Fsp3) is 0.833. The Bertz CT molecular complexity index is 150. The van der Waals surface area contributed by atoms with Gasteiger partial charge in [-0.15, -0.1) is 12.6 Å². The number of Topliss-reactive ketones (excluding diaryl/α,β-unsaturated/α-hetero) is 1. The van der Waals surface area contributed by atoms with E-state index >= 15 is 0 Å². The van der Waals surface area contributed by atoms with E-state index in [-0.39, 0.29) is 5.78 Å². The van der Waals surface area contributed by atoms with Crippen LogP contribution in [0.4, 0.5) is 0 Å². The monoisotopic (exact) mass is 194 g/mol. The summed E-state index contributed by atoms with van der Waals surface area (Å²) in [5, 5.41) is 0. The van der Waals surface area contributed by atoms with Crippen LogP contribution in [0.15, 0.2) is 0 Å². The van der Waals surface area contributed by atoms with Gasteiger partial charge in [-0.3, -0.25) is 4.79 Å². The van der Waals surface area contributed by atoms with Gasteiger partial charge in [-0.05, 0) is 19.1 Å². The van der Waals surface area contributed by atoms with Crippen LogP contribution in [-0.2, 0) is 4.79 Å². The highest BCUT2D eigenvalue weighted by Crippen LogP contribution is 2.14. The van der Waals surface area contributed by atoms with Crippen LogP contribution in [0.3, 0.4) is 0 Å². The fourth-order valence-corrected chi connectivity index (χ4v) is 1.03.